The first kappa shape index (κ1) is 51.1. The summed E-state index contributed by atoms with van der Waals surface area (Å²) in [6, 6.07) is 38.8. The van der Waals surface area contributed by atoms with Crippen LogP contribution in [0.25, 0.3) is 55.3 Å². The van der Waals surface area contributed by atoms with E-state index in [1.165, 1.54) is 5.56 Å². The molecule has 0 fully saturated rings. The van der Waals surface area contributed by atoms with Crippen molar-refractivity contribution < 1.29 is 4.42 Å². The van der Waals surface area contributed by atoms with Crippen molar-refractivity contribution in [1.29, 1.82) is 0 Å². The lowest BCUT2D eigenvalue weighted by atomic mass is 9.47. The lowest BCUT2D eigenvalue weighted by molar-refractivity contribution is 0.535. The Bertz CT molecular complexity index is 3910. The molecule has 16 heteroatoms. The van der Waals surface area contributed by atoms with Crippen LogP contribution in [0.3, 0.4) is 0 Å². The molecule has 74 heavy (non-hydrogen) atoms. The van der Waals surface area contributed by atoms with Crippen LogP contribution in [0.2, 0.25) is 5.82 Å². The Morgan fingerprint density at radius 3 is 1.96 bits per heavy atom. The van der Waals surface area contributed by atoms with E-state index in [9.17, 15) is 0 Å². The third-order valence-corrected chi connectivity index (χ3v) is 15.2. The SMILES string of the molecule is [B]C(=C)/C([B])=C(/[B])C([B])C1(C/C([B])=C([B])\C([B])=C(\[B])C#C)c2cc(N(c3cccc(-c4cccc5oc6ccccc6c45)c3)c3ccc4c(c3)C(C)(C)c3ccccc3-4)c([B])c([B])c2-c2c([B])c([B])c([B])c([B])c21. The highest BCUT2D eigenvalue weighted by Crippen LogP contribution is 2.58. The summed E-state index contributed by atoms with van der Waals surface area (Å²) in [6.45, 7) is 8.28. The Morgan fingerprint density at radius 2 is 1.23 bits per heavy atom. The van der Waals surface area contributed by atoms with Crippen molar-refractivity contribution in [1.82, 2.24) is 0 Å². The summed E-state index contributed by atoms with van der Waals surface area (Å²) in [5, 5.41) is 1.94. The number of benzene rings is 7. The lowest BCUT2D eigenvalue weighted by Gasteiger charge is -2.44. The van der Waals surface area contributed by atoms with E-state index in [0.717, 1.165) is 55.4 Å². The van der Waals surface area contributed by atoms with E-state index in [1.54, 1.807) is 0 Å². The van der Waals surface area contributed by atoms with Gasteiger partial charge >= 0.3 is 0 Å². The molecule has 0 amide bonds. The van der Waals surface area contributed by atoms with Crippen LogP contribution in [0.5, 0.6) is 0 Å². The first-order valence-corrected chi connectivity index (χ1v) is 23.6. The number of furan rings is 1. The number of fused-ring (bicyclic) bond motifs is 9. The second-order valence-electron chi connectivity index (χ2n) is 19.5. The van der Waals surface area contributed by atoms with E-state index in [2.05, 4.69) is 87.0 Å². The minimum absolute atomic E-state index is 0.000217. The maximum Gasteiger partial charge on any atom is 0.136 e. The van der Waals surface area contributed by atoms with Gasteiger partial charge in [-0.1, -0.05) is 126 Å². The van der Waals surface area contributed by atoms with Gasteiger partial charge in [0.1, 0.15) is 113 Å². The average Bonchev–Trinajstić information content (AvgIpc) is 4.01. The molecule has 2 aliphatic carbocycles. The molecule has 1 aromatic heterocycles. The van der Waals surface area contributed by atoms with E-state index in [4.69, 9.17) is 121 Å². The third-order valence-electron chi connectivity index (χ3n) is 15.2. The van der Waals surface area contributed by atoms with Gasteiger partial charge in [0, 0.05) is 38.7 Å². The predicted molar refractivity (Wildman–Crippen MR) is 323 cm³/mol. The summed E-state index contributed by atoms with van der Waals surface area (Å²) in [7, 11) is 96.2. The maximum absolute atomic E-state index is 7.53. The molecule has 0 spiro atoms. The van der Waals surface area contributed by atoms with Crippen LogP contribution in [0.15, 0.2) is 165 Å². The Labute approximate surface area is 453 Å². The number of rotatable bonds is 10. The Kier molecular flexibility index (Phi) is 12.9. The van der Waals surface area contributed by atoms with Crippen molar-refractivity contribution >= 4 is 182 Å². The molecule has 316 valence electrons. The molecule has 28 radical (unpaired) electrons. The maximum atomic E-state index is 7.53. The zero-order valence-electron chi connectivity index (χ0n) is 41.0. The zero-order valence-corrected chi connectivity index (χ0v) is 41.0. The minimum atomic E-state index is -1.72. The zero-order chi connectivity index (χ0) is 53.0. The second kappa shape index (κ2) is 18.7. The highest BCUT2D eigenvalue weighted by Gasteiger charge is 2.50. The molecule has 0 bridgehead atoms. The molecule has 2 atom stereocenters. The summed E-state index contributed by atoms with van der Waals surface area (Å²) in [6.07, 6.45) is 5.38. The van der Waals surface area contributed by atoms with Gasteiger partial charge in [0.05, 0.1) is 7.85 Å². The molecule has 7 aromatic carbocycles. The van der Waals surface area contributed by atoms with E-state index in [0.29, 0.717) is 22.5 Å². The number of para-hydroxylation sites is 1. The number of anilines is 3. The van der Waals surface area contributed by atoms with E-state index in [1.807, 2.05) is 59.5 Å². The average molecular weight is 909 g/mol. The van der Waals surface area contributed by atoms with Crippen LogP contribution < -0.4 is 37.7 Å². The fourth-order valence-electron chi connectivity index (χ4n) is 11.3. The molecule has 2 unspecified atom stereocenters. The topological polar surface area (TPSA) is 16.4 Å². The van der Waals surface area contributed by atoms with Gasteiger partial charge in [0.2, 0.25) is 0 Å². The van der Waals surface area contributed by atoms with Crippen LogP contribution >= 0.6 is 0 Å². The Morgan fingerprint density at radius 1 is 0.608 bits per heavy atom. The molecular formula is C58H31B14NO. The quantitative estimate of drug-likeness (QED) is 0.115. The number of terminal acetylenes is 1. The van der Waals surface area contributed by atoms with Crippen molar-refractivity contribution in [2.75, 3.05) is 4.90 Å². The summed E-state index contributed by atoms with van der Waals surface area (Å²) in [4.78, 5) is 2.05. The molecule has 0 saturated heterocycles. The molecule has 0 aliphatic heterocycles. The number of hydrogen-bond acceptors (Lipinski definition) is 2. The monoisotopic (exact) mass is 911 g/mol. The number of hydrogen-bond donors (Lipinski definition) is 0. The number of allylic oxidation sites excluding steroid dienone is 7. The van der Waals surface area contributed by atoms with Crippen molar-refractivity contribution in [3.8, 4) is 45.7 Å². The Hall–Kier alpha value is -6.43. The highest BCUT2D eigenvalue weighted by molar-refractivity contribution is 6.65. The van der Waals surface area contributed by atoms with Gasteiger partial charge in [-0.05, 0) is 105 Å². The normalized spacial score (nSPS) is 16.5. The number of nitrogens with zero attached hydrogens (tertiary/aromatic N) is 1. The molecule has 1 heterocycles. The largest absolute Gasteiger partial charge is 0.456 e. The van der Waals surface area contributed by atoms with E-state index in [-0.39, 0.29) is 88.6 Å². The van der Waals surface area contributed by atoms with Gasteiger partial charge in [-0.3, -0.25) is 0 Å². The fraction of sp³-hybridized carbons (Fsp3) is 0.103. The van der Waals surface area contributed by atoms with Crippen LogP contribution in [0.4, 0.5) is 17.1 Å². The highest BCUT2D eigenvalue weighted by atomic mass is 16.3. The van der Waals surface area contributed by atoms with Gasteiger partial charge in [-0.2, -0.15) is 0 Å². The van der Waals surface area contributed by atoms with Crippen molar-refractivity contribution in [2.45, 2.75) is 36.9 Å². The first-order valence-electron chi connectivity index (χ1n) is 23.6. The van der Waals surface area contributed by atoms with Crippen LogP contribution in [0.1, 0.15) is 42.5 Å². The molecule has 0 N–H and O–H groups in total. The van der Waals surface area contributed by atoms with Gasteiger partial charge in [0.15, 0.2) is 0 Å². The van der Waals surface area contributed by atoms with E-state index >= 15 is 0 Å². The van der Waals surface area contributed by atoms with Crippen molar-refractivity contribution in [3.63, 3.8) is 0 Å². The third kappa shape index (κ3) is 7.61. The minimum Gasteiger partial charge on any atom is -0.456 e. The molecule has 0 saturated carbocycles. The van der Waals surface area contributed by atoms with Crippen molar-refractivity contribution in [3.05, 3.63) is 182 Å². The summed E-state index contributed by atoms with van der Waals surface area (Å²) in [5.74, 6) is 0.947. The van der Waals surface area contributed by atoms with Crippen LogP contribution in [-0.2, 0) is 10.8 Å². The van der Waals surface area contributed by atoms with Gasteiger partial charge < -0.3 is 9.32 Å². The van der Waals surface area contributed by atoms with Gasteiger partial charge in [-0.25, -0.2) is 0 Å². The lowest BCUT2D eigenvalue weighted by Crippen LogP contribution is -2.52. The molecular weight excluding hydrogens is 878 g/mol. The summed E-state index contributed by atoms with van der Waals surface area (Å²) in [5.41, 5.74) is 8.47. The van der Waals surface area contributed by atoms with Crippen molar-refractivity contribution in [2.24, 2.45) is 0 Å². The van der Waals surface area contributed by atoms with Crippen LogP contribution in [-0.4, -0.2) is 110 Å². The molecule has 10 rings (SSSR count). The smallest absolute Gasteiger partial charge is 0.136 e. The predicted octanol–water partition coefficient (Wildman–Crippen LogP) is 4.37. The summed E-state index contributed by atoms with van der Waals surface area (Å²) >= 11 is 0. The first-order chi connectivity index (χ1) is 35.2. The van der Waals surface area contributed by atoms with E-state index < -0.39 is 16.6 Å². The molecule has 2 aliphatic rings. The molecule has 2 nitrogen and oxygen atoms in total. The van der Waals surface area contributed by atoms with Crippen LogP contribution in [0, 0.1) is 12.3 Å². The second-order valence-corrected chi connectivity index (χ2v) is 19.5. The van der Waals surface area contributed by atoms with Gasteiger partial charge in [-0.15, -0.1) is 56.8 Å². The summed E-state index contributed by atoms with van der Waals surface area (Å²) < 4.78 is 6.34. The Balaban J connectivity index is 1.32. The fourth-order valence-corrected chi connectivity index (χ4v) is 11.3. The standard InChI is InChI=1S/C58H31B14NO/c1-5-37(60)47(63)48(64)38(61)25-58(56(72)55(71)46(62)26(2)59)36-24-39(49(65)50(66)43(36)44-45(58)52(68)54(70)53(69)51(44)67)73(29-20-21-32-31-14-6-8-17-34(31)57(3,4)35(32)23-29)28-13-10-12-27(22-28)30-16-11-19-41-42(30)33-15-7-9-18-40(33)74-41/h1,6-24,56H,2,25H2,3-4H3/b47-37-,48-38-,55-46-. The molecule has 8 aromatic rings. The van der Waals surface area contributed by atoms with Gasteiger partial charge in [0.25, 0.3) is 0 Å².